The molecule has 0 atom stereocenters. The van der Waals surface area contributed by atoms with E-state index in [0.29, 0.717) is 6.54 Å². The minimum atomic E-state index is 0.222. The van der Waals surface area contributed by atoms with Crippen LogP contribution in [0.25, 0.3) is 11.1 Å². The lowest BCUT2D eigenvalue weighted by atomic mass is 9.82. The van der Waals surface area contributed by atoms with E-state index in [2.05, 4.69) is 51.1 Å². The van der Waals surface area contributed by atoms with E-state index < -0.39 is 0 Å². The maximum Gasteiger partial charge on any atom is 0.0457 e. The zero-order valence-electron chi connectivity index (χ0n) is 12.4. The largest absolute Gasteiger partial charge is 0.326 e. The SMILES string of the molecule is CCC(C)(C)c1ccc(-c2ccc(CN)c(Cl)c2)cc1. The Kier molecular flexibility index (Phi) is 4.52. The van der Waals surface area contributed by atoms with Crippen LogP contribution in [0.5, 0.6) is 0 Å². The van der Waals surface area contributed by atoms with E-state index in [0.717, 1.165) is 22.6 Å². The second-order valence-electron chi connectivity index (χ2n) is 5.83. The Morgan fingerprint density at radius 3 is 2.10 bits per heavy atom. The summed E-state index contributed by atoms with van der Waals surface area (Å²) < 4.78 is 0. The fraction of sp³-hybridized carbons (Fsp3) is 0.333. The zero-order chi connectivity index (χ0) is 14.8. The van der Waals surface area contributed by atoms with Crippen LogP contribution in [0.3, 0.4) is 0 Å². The number of nitrogens with two attached hydrogens (primary N) is 1. The Morgan fingerprint density at radius 1 is 1.00 bits per heavy atom. The van der Waals surface area contributed by atoms with Gasteiger partial charge in [0, 0.05) is 11.6 Å². The Hall–Kier alpha value is -1.31. The van der Waals surface area contributed by atoms with Crippen molar-refractivity contribution in [1.82, 2.24) is 0 Å². The summed E-state index contributed by atoms with van der Waals surface area (Å²) >= 11 is 6.23. The van der Waals surface area contributed by atoms with Crippen molar-refractivity contribution in [3.05, 3.63) is 58.6 Å². The van der Waals surface area contributed by atoms with Gasteiger partial charge in [0.25, 0.3) is 0 Å². The molecule has 2 aromatic rings. The van der Waals surface area contributed by atoms with E-state index in [1.807, 2.05) is 12.1 Å². The Balaban J connectivity index is 2.33. The van der Waals surface area contributed by atoms with Crippen LogP contribution in [0.2, 0.25) is 5.02 Å². The standard InChI is InChI=1S/C18H22ClN/c1-4-18(2,3)16-9-7-13(8-10-16)14-5-6-15(12-20)17(19)11-14/h5-11H,4,12,20H2,1-3H3. The van der Waals surface area contributed by atoms with Gasteiger partial charge >= 0.3 is 0 Å². The number of hydrogen-bond acceptors (Lipinski definition) is 1. The van der Waals surface area contributed by atoms with Crippen LogP contribution in [-0.4, -0.2) is 0 Å². The number of rotatable bonds is 4. The summed E-state index contributed by atoms with van der Waals surface area (Å²) in [5.74, 6) is 0. The highest BCUT2D eigenvalue weighted by atomic mass is 35.5. The Bertz CT molecular complexity index is 585. The van der Waals surface area contributed by atoms with Crippen molar-refractivity contribution in [3.63, 3.8) is 0 Å². The zero-order valence-corrected chi connectivity index (χ0v) is 13.2. The molecule has 0 fully saturated rings. The van der Waals surface area contributed by atoms with Crippen molar-refractivity contribution < 1.29 is 0 Å². The molecule has 0 heterocycles. The molecule has 0 unspecified atom stereocenters. The van der Waals surface area contributed by atoms with Crippen LogP contribution in [0.15, 0.2) is 42.5 Å². The first-order valence-electron chi connectivity index (χ1n) is 7.07. The Labute approximate surface area is 126 Å². The summed E-state index contributed by atoms with van der Waals surface area (Å²) in [4.78, 5) is 0. The van der Waals surface area contributed by atoms with Crippen molar-refractivity contribution >= 4 is 11.6 Å². The molecule has 2 aromatic carbocycles. The second-order valence-corrected chi connectivity index (χ2v) is 6.23. The van der Waals surface area contributed by atoms with Crippen LogP contribution < -0.4 is 5.73 Å². The third-order valence-corrected chi connectivity index (χ3v) is 4.51. The van der Waals surface area contributed by atoms with E-state index in [4.69, 9.17) is 17.3 Å². The van der Waals surface area contributed by atoms with Crippen LogP contribution in [0.1, 0.15) is 38.3 Å². The van der Waals surface area contributed by atoms with Crippen LogP contribution in [0.4, 0.5) is 0 Å². The maximum atomic E-state index is 6.23. The predicted molar refractivity (Wildman–Crippen MR) is 88.1 cm³/mol. The lowest BCUT2D eigenvalue weighted by Gasteiger charge is -2.23. The summed E-state index contributed by atoms with van der Waals surface area (Å²) in [6, 6.07) is 14.8. The van der Waals surface area contributed by atoms with E-state index in [1.54, 1.807) is 0 Å². The van der Waals surface area contributed by atoms with Crippen LogP contribution >= 0.6 is 11.6 Å². The van der Waals surface area contributed by atoms with E-state index in [1.165, 1.54) is 11.1 Å². The molecule has 0 aliphatic heterocycles. The average Bonchev–Trinajstić information content (AvgIpc) is 2.47. The van der Waals surface area contributed by atoms with Crippen molar-refractivity contribution in [2.24, 2.45) is 5.73 Å². The van der Waals surface area contributed by atoms with Gasteiger partial charge in [-0.25, -0.2) is 0 Å². The molecule has 0 aromatic heterocycles. The molecule has 0 radical (unpaired) electrons. The lowest BCUT2D eigenvalue weighted by Crippen LogP contribution is -2.14. The first kappa shape index (κ1) is 15.1. The van der Waals surface area contributed by atoms with Gasteiger partial charge in [-0.2, -0.15) is 0 Å². The lowest BCUT2D eigenvalue weighted by molar-refractivity contribution is 0.506. The highest BCUT2D eigenvalue weighted by Gasteiger charge is 2.17. The molecule has 0 amide bonds. The van der Waals surface area contributed by atoms with E-state index in [-0.39, 0.29) is 5.41 Å². The molecule has 0 saturated carbocycles. The molecule has 0 aliphatic rings. The molecule has 2 heteroatoms. The molecule has 2 N–H and O–H groups in total. The third kappa shape index (κ3) is 3.05. The van der Waals surface area contributed by atoms with Crippen molar-refractivity contribution in [2.45, 2.75) is 39.2 Å². The van der Waals surface area contributed by atoms with Crippen molar-refractivity contribution in [3.8, 4) is 11.1 Å². The molecule has 2 rings (SSSR count). The maximum absolute atomic E-state index is 6.23. The molecule has 0 spiro atoms. The summed E-state index contributed by atoms with van der Waals surface area (Å²) in [5.41, 5.74) is 10.5. The minimum absolute atomic E-state index is 0.222. The first-order valence-corrected chi connectivity index (χ1v) is 7.45. The van der Waals surface area contributed by atoms with Gasteiger partial charge in [-0.3, -0.25) is 0 Å². The number of halogens is 1. The molecule has 0 bridgehead atoms. The highest BCUT2D eigenvalue weighted by molar-refractivity contribution is 6.31. The Morgan fingerprint density at radius 2 is 1.60 bits per heavy atom. The smallest absolute Gasteiger partial charge is 0.0457 e. The van der Waals surface area contributed by atoms with Crippen molar-refractivity contribution in [2.75, 3.05) is 0 Å². The average molecular weight is 288 g/mol. The normalized spacial score (nSPS) is 11.7. The van der Waals surface area contributed by atoms with Gasteiger partial charge < -0.3 is 5.73 Å². The van der Waals surface area contributed by atoms with Gasteiger partial charge in [-0.05, 0) is 40.2 Å². The monoisotopic (exact) mass is 287 g/mol. The molecule has 0 saturated heterocycles. The van der Waals surface area contributed by atoms with Gasteiger partial charge in [0.1, 0.15) is 0 Å². The molecule has 20 heavy (non-hydrogen) atoms. The molecular weight excluding hydrogens is 266 g/mol. The van der Waals surface area contributed by atoms with Gasteiger partial charge in [-0.15, -0.1) is 0 Å². The third-order valence-electron chi connectivity index (χ3n) is 4.16. The number of benzene rings is 2. The minimum Gasteiger partial charge on any atom is -0.326 e. The van der Waals surface area contributed by atoms with Gasteiger partial charge in [0.2, 0.25) is 0 Å². The summed E-state index contributed by atoms with van der Waals surface area (Å²) in [7, 11) is 0. The molecule has 0 aliphatic carbocycles. The highest BCUT2D eigenvalue weighted by Crippen LogP contribution is 2.30. The molecule has 1 nitrogen and oxygen atoms in total. The topological polar surface area (TPSA) is 26.0 Å². The summed E-state index contributed by atoms with van der Waals surface area (Å²) in [5, 5.41) is 0.739. The van der Waals surface area contributed by atoms with E-state index >= 15 is 0 Å². The first-order chi connectivity index (χ1) is 9.47. The molecular formula is C18H22ClN. The van der Waals surface area contributed by atoms with Gasteiger partial charge in [-0.1, -0.05) is 68.8 Å². The van der Waals surface area contributed by atoms with Gasteiger partial charge in [0.05, 0.1) is 0 Å². The summed E-state index contributed by atoms with van der Waals surface area (Å²) in [6.45, 7) is 7.24. The van der Waals surface area contributed by atoms with Gasteiger partial charge in [0.15, 0.2) is 0 Å². The molecule has 106 valence electrons. The quantitative estimate of drug-likeness (QED) is 0.826. The summed E-state index contributed by atoms with van der Waals surface area (Å²) in [6.07, 6.45) is 1.13. The predicted octanol–water partition coefficient (Wildman–Crippen LogP) is 5.15. The second kappa shape index (κ2) is 5.99. The fourth-order valence-corrected chi connectivity index (χ4v) is 2.47. The van der Waals surface area contributed by atoms with E-state index in [9.17, 15) is 0 Å². The van der Waals surface area contributed by atoms with Crippen molar-refractivity contribution in [1.29, 1.82) is 0 Å². The van der Waals surface area contributed by atoms with Crippen LogP contribution in [-0.2, 0) is 12.0 Å². The van der Waals surface area contributed by atoms with Crippen LogP contribution in [0, 0.1) is 0 Å². The fourth-order valence-electron chi connectivity index (χ4n) is 2.21. The number of hydrogen-bond donors (Lipinski definition) is 1.